The number of allylic oxidation sites excluding steroid dienone is 1. The van der Waals surface area contributed by atoms with Crippen LogP contribution in [0.15, 0.2) is 65.7 Å². The van der Waals surface area contributed by atoms with Gasteiger partial charge in [-0.2, -0.15) is 0 Å². The summed E-state index contributed by atoms with van der Waals surface area (Å²) in [5.41, 5.74) is 3.97. The van der Waals surface area contributed by atoms with E-state index in [9.17, 15) is 9.59 Å². The van der Waals surface area contributed by atoms with E-state index < -0.39 is 5.92 Å². The van der Waals surface area contributed by atoms with Crippen molar-refractivity contribution in [3.05, 3.63) is 81.1 Å². The normalized spacial score (nSPS) is 20.8. The summed E-state index contributed by atoms with van der Waals surface area (Å²) >= 11 is 7.44. The Morgan fingerprint density at radius 2 is 1.74 bits per heavy atom. The number of dihydropyridines is 1. The summed E-state index contributed by atoms with van der Waals surface area (Å²) in [4.78, 5) is 35.9. The summed E-state index contributed by atoms with van der Waals surface area (Å²) < 4.78 is 0. The van der Waals surface area contributed by atoms with Crippen LogP contribution in [0.5, 0.6) is 0 Å². The molecule has 2 unspecified atom stereocenters. The first-order valence-corrected chi connectivity index (χ1v) is 11.3. The zero-order valence-corrected chi connectivity index (χ0v) is 18.4. The third-order valence-corrected chi connectivity index (χ3v) is 7.09. The van der Waals surface area contributed by atoms with Gasteiger partial charge in [0.05, 0.1) is 17.2 Å². The van der Waals surface area contributed by atoms with E-state index in [1.54, 1.807) is 6.08 Å². The molecule has 1 aliphatic carbocycles. The van der Waals surface area contributed by atoms with Crippen LogP contribution >= 0.6 is 22.9 Å². The molecular weight excluding hydrogens is 428 g/mol. The largest absolute Gasteiger partial charge is 0.299 e. The van der Waals surface area contributed by atoms with Crippen LogP contribution in [0.25, 0.3) is 16.8 Å². The molecule has 6 heteroatoms. The molecule has 0 spiro atoms. The van der Waals surface area contributed by atoms with Gasteiger partial charge >= 0.3 is 0 Å². The van der Waals surface area contributed by atoms with Gasteiger partial charge in [-0.25, -0.2) is 9.98 Å². The topological polar surface area (TPSA) is 59.4 Å². The van der Waals surface area contributed by atoms with Gasteiger partial charge in [0, 0.05) is 27.6 Å². The number of aromatic nitrogens is 1. The van der Waals surface area contributed by atoms with Crippen LogP contribution < -0.4 is 0 Å². The maximum Gasteiger partial charge on any atom is 0.279 e. The number of hydrogen-bond acceptors (Lipinski definition) is 4. The summed E-state index contributed by atoms with van der Waals surface area (Å²) in [5, 5.41) is 1.27. The molecule has 1 aromatic heterocycles. The molecule has 154 valence electrons. The second-order valence-electron chi connectivity index (χ2n) is 7.88. The minimum Gasteiger partial charge on any atom is -0.299 e. The van der Waals surface area contributed by atoms with E-state index >= 15 is 0 Å². The lowest BCUT2D eigenvalue weighted by molar-refractivity contribution is -0.120. The van der Waals surface area contributed by atoms with Crippen molar-refractivity contribution >= 4 is 45.9 Å². The van der Waals surface area contributed by atoms with Crippen molar-refractivity contribution in [3.8, 4) is 11.3 Å². The molecule has 31 heavy (non-hydrogen) atoms. The van der Waals surface area contributed by atoms with Crippen molar-refractivity contribution in [3.63, 3.8) is 0 Å². The molecule has 4 nitrogen and oxygen atoms in total. The standard InChI is InChI=1S/C25H19ClN2O2S/c1-14-23(16-7-9-18(26)10-8-16)28-25(31-14)20-13-19-21(27-24(20)30)11-17(12-22(19)29)15-5-3-2-4-6-15/h2-10,13,17,19H,11-12H2,1H3. The lowest BCUT2D eigenvalue weighted by Gasteiger charge is -2.29. The smallest absolute Gasteiger partial charge is 0.279 e. The highest BCUT2D eigenvalue weighted by Gasteiger charge is 2.37. The third kappa shape index (κ3) is 3.80. The molecule has 0 bridgehead atoms. The number of Topliss-reactive ketones (excluding diaryl/α,β-unsaturated/α-hetero) is 1. The molecule has 0 N–H and O–H groups in total. The average molecular weight is 447 g/mol. The zero-order valence-electron chi connectivity index (χ0n) is 16.8. The molecule has 2 aliphatic rings. The van der Waals surface area contributed by atoms with E-state index in [2.05, 4.69) is 4.99 Å². The Balaban J connectivity index is 1.45. The highest BCUT2D eigenvalue weighted by molar-refractivity contribution is 7.13. The predicted molar refractivity (Wildman–Crippen MR) is 125 cm³/mol. The van der Waals surface area contributed by atoms with E-state index in [-0.39, 0.29) is 17.6 Å². The highest BCUT2D eigenvalue weighted by atomic mass is 35.5. The van der Waals surface area contributed by atoms with Crippen LogP contribution in [0.4, 0.5) is 0 Å². The molecule has 1 fully saturated rings. The average Bonchev–Trinajstić information content (AvgIpc) is 3.15. The Kier molecular flexibility index (Phi) is 5.16. The van der Waals surface area contributed by atoms with Gasteiger partial charge in [-0.3, -0.25) is 9.59 Å². The van der Waals surface area contributed by atoms with Crippen LogP contribution in [0.3, 0.4) is 0 Å². The summed E-state index contributed by atoms with van der Waals surface area (Å²) in [7, 11) is 0. The number of carbonyl (C=O) groups excluding carboxylic acids is 2. The van der Waals surface area contributed by atoms with E-state index in [0.29, 0.717) is 34.2 Å². The van der Waals surface area contributed by atoms with Gasteiger partial charge in [-0.1, -0.05) is 60.1 Å². The lowest BCUT2D eigenvalue weighted by atomic mass is 9.75. The SMILES string of the molecule is Cc1sc(C2=CC3C(=O)CC(c4ccccc4)CC3=NC2=O)nc1-c1ccc(Cl)cc1. The number of fused-ring (bicyclic) bond motifs is 1. The van der Waals surface area contributed by atoms with Crippen molar-refractivity contribution in [2.75, 3.05) is 0 Å². The van der Waals surface area contributed by atoms with Gasteiger partial charge in [-0.15, -0.1) is 11.3 Å². The minimum absolute atomic E-state index is 0.0741. The van der Waals surface area contributed by atoms with Crippen LogP contribution in [0.1, 0.15) is 34.2 Å². The third-order valence-electron chi connectivity index (χ3n) is 5.83. The van der Waals surface area contributed by atoms with Gasteiger partial charge in [0.25, 0.3) is 5.91 Å². The van der Waals surface area contributed by atoms with Crippen molar-refractivity contribution in [2.45, 2.75) is 25.7 Å². The Morgan fingerprint density at radius 3 is 2.48 bits per heavy atom. The number of halogens is 1. The van der Waals surface area contributed by atoms with Crippen molar-refractivity contribution in [1.82, 2.24) is 4.98 Å². The number of amides is 1. The molecule has 0 saturated heterocycles. The summed E-state index contributed by atoms with van der Waals surface area (Å²) in [6.45, 7) is 1.98. The zero-order chi connectivity index (χ0) is 21.5. The molecule has 2 aromatic carbocycles. The first kappa shape index (κ1) is 20.0. The van der Waals surface area contributed by atoms with Crippen LogP contribution in [-0.2, 0) is 9.59 Å². The minimum atomic E-state index is -0.434. The number of benzene rings is 2. The summed E-state index contributed by atoms with van der Waals surface area (Å²) in [6, 6.07) is 17.4. The number of aryl methyl sites for hydroxylation is 1. The molecule has 2 atom stereocenters. The van der Waals surface area contributed by atoms with Gasteiger partial charge in [0.2, 0.25) is 0 Å². The fourth-order valence-electron chi connectivity index (χ4n) is 4.25. The van der Waals surface area contributed by atoms with Gasteiger partial charge in [0.15, 0.2) is 0 Å². The maximum absolute atomic E-state index is 13.0. The quantitative estimate of drug-likeness (QED) is 0.503. The fraction of sp³-hybridized carbons (Fsp3) is 0.200. The van der Waals surface area contributed by atoms with Crippen molar-refractivity contribution in [2.24, 2.45) is 10.9 Å². The lowest BCUT2D eigenvalue weighted by Crippen LogP contribution is -2.34. The Hall–Kier alpha value is -2.89. The first-order chi connectivity index (χ1) is 15.0. The van der Waals surface area contributed by atoms with Crippen LogP contribution in [-0.4, -0.2) is 22.4 Å². The number of carbonyl (C=O) groups is 2. The summed E-state index contributed by atoms with van der Waals surface area (Å²) in [6.07, 6.45) is 2.86. The molecule has 1 aliphatic heterocycles. The molecule has 1 saturated carbocycles. The second kappa shape index (κ2) is 7.98. The maximum atomic E-state index is 13.0. The van der Waals surface area contributed by atoms with Gasteiger partial charge < -0.3 is 0 Å². The number of thiazole rings is 1. The second-order valence-corrected chi connectivity index (χ2v) is 9.52. The molecule has 2 heterocycles. The van der Waals surface area contributed by atoms with E-state index in [0.717, 1.165) is 21.7 Å². The van der Waals surface area contributed by atoms with Crippen LogP contribution in [0, 0.1) is 12.8 Å². The van der Waals surface area contributed by atoms with E-state index in [4.69, 9.17) is 16.6 Å². The van der Waals surface area contributed by atoms with Gasteiger partial charge in [0.1, 0.15) is 10.8 Å². The predicted octanol–water partition coefficient (Wildman–Crippen LogP) is 5.90. The molecule has 1 amide bonds. The number of rotatable bonds is 3. The van der Waals surface area contributed by atoms with E-state index in [1.807, 2.05) is 61.5 Å². The summed E-state index contributed by atoms with van der Waals surface area (Å²) in [5.74, 6) is -0.569. The molecule has 0 radical (unpaired) electrons. The fourth-order valence-corrected chi connectivity index (χ4v) is 5.33. The molecular formula is C25H19ClN2O2S. The van der Waals surface area contributed by atoms with Crippen LogP contribution in [0.2, 0.25) is 5.02 Å². The van der Waals surface area contributed by atoms with Crippen molar-refractivity contribution in [1.29, 1.82) is 0 Å². The monoisotopic (exact) mass is 446 g/mol. The number of aliphatic imine (C=N–C) groups is 1. The molecule has 5 rings (SSSR count). The Labute approximate surface area is 189 Å². The van der Waals surface area contributed by atoms with Gasteiger partial charge in [-0.05, 0) is 37.0 Å². The number of ketones is 1. The molecule has 3 aromatic rings. The Bertz CT molecular complexity index is 1240. The van der Waals surface area contributed by atoms with Crippen molar-refractivity contribution < 1.29 is 9.59 Å². The first-order valence-electron chi connectivity index (χ1n) is 10.1. The number of nitrogens with zero attached hydrogens (tertiary/aromatic N) is 2. The number of hydrogen-bond donors (Lipinski definition) is 0. The van der Waals surface area contributed by atoms with E-state index in [1.165, 1.54) is 11.3 Å². The Morgan fingerprint density at radius 1 is 1.00 bits per heavy atom. The highest BCUT2D eigenvalue weighted by Crippen LogP contribution is 2.38.